The van der Waals surface area contributed by atoms with E-state index in [-0.39, 0.29) is 48.0 Å². The number of halogens is 4. The molecule has 12 heteroatoms. The molecule has 1 fully saturated rings. The van der Waals surface area contributed by atoms with E-state index in [4.69, 9.17) is 4.98 Å². The van der Waals surface area contributed by atoms with Crippen molar-refractivity contribution in [2.75, 3.05) is 13.1 Å². The van der Waals surface area contributed by atoms with Crippen LogP contribution in [0.3, 0.4) is 0 Å². The van der Waals surface area contributed by atoms with Gasteiger partial charge >= 0.3 is 0 Å². The van der Waals surface area contributed by atoms with E-state index in [9.17, 15) is 13.2 Å². The van der Waals surface area contributed by atoms with Gasteiger partial charge in [-0.3, -0.25) is 20.0 Å². The smallest absolute Gasteiger partial charge is 0.261 e. The highest BCUT2D eigenvalue weighted by molar-refractivity contribution is 7.14. The molecule has 1 aliphatic rings. The van der Waals surface area contributed by atoms with Gasteiger partial charge in [-0.05, 0) is 29.8 Å². The first kappa shape index (κ1) is 23.9. The maximum Gasteiger partial charge on any atom is 0.261 e. The van der Waals surface area contributed by atoms with Crippen molar-refractivity contribution in [1.82, 2.24) is 35.0 Å². The van der Waals surface area contributed by atoms with Crippen molar-refractivity contribution in [2.45, 2.75) is 18.9 Å². The summed E-state index contributed by atoms with van der Waals surface area (Å²) in [4.78, 5) is 18.8. The molecule has 196 valence electrons. The zero-order chi connectivity index (χ0) is 26.7. The number of fused-ring (bicyclic) bond motifs is 2. The lowest BCUT2D eigenvalue weighted by Crippen LogP contribution is -2.24. The fourth-order valence-corrected chi connectivity index (χ4v) is 5.81. The molecular formula is C27H19F4N7S. The zero-order valence-corrected chi connectivity index (χ0v) is 21.0. The quantitative estimate of drug-likeness (QED) is 0.243. The number of alkyl halides is 2. The molecule has 0 saturated carbocycles. The average Bonchev–Trinajstić information content (AvgIpc) is 3.70. The minimum absolute atomic E-state index is 0.0668. The Morgan fingerprint density at radius 2 is 1.92 bits per heavy atom. The first-order chi connectivity index (χ1) is 18.8. The van der Waals surface area contributed by atoms with Crippen LogP contribution >= 0.6 is 11.3 Å². The van der Waals surface area contributed by atoms with Gasteiger partial charge in [0.15, 0.2) is 16.8 Å². The number of hydrogen-bond acceptors (Lipinski definition) is 6. The molecule has 39 heavy (non-hydrogen) atoms. The first-order valence-electron chi connectivity index (χ1n) is 12.2. The number of aromatic nitrogens is 6. The third-order valence-electron chi connectivity index (χ3n) is 6.84. The Bertz CT molecular complexity index is 1860. The summed E-state index contributed by atoms with van der Waals surface area (Å²) in [6, 6.07) is 10.3. The SMILES string of the molecule is Fc1ccc(-c2cccc3[nH]c(-c4n[nH]c5cnc(-c6cncc(CN7CCC(F)(F)C7)c6)c(F)c45)nc23)s1. The Morgan fingerprint density at radius 3 is 2.72 bits per heavy atom. The molecule has 0 aliphatic carbocycles. The highest BCUT2D eigenvalue weighted by atomic mass is 32.1. The number of pyridine rings is 2. The Morgan fingerprint density at radius 1 is 1.03 bits per heavy atom. The number of nitrogens with one attached hydrogen (secondary N) is 2. The number of thiophene rings is 1. The monoisotopic (exact) mass is 549 g/mol. The van der Waals surface area contributed by atoms with Gasteiger partial charge in [-0.15, -0.1) is 11.3 Å². The number of imidazole rings is 1. The fraction of sp³-hybridized carbons (Fsp3) is 0.185. The highest BCUT2D eigenvalue weighted by Gasteiger charge is 2.38. The molecule has 1 aliphatic heterocycles. The summed E-state index contributed by atoms with van der Waals surface area (Å²) in [5.41, 5.74) is 3.91. The lowest BCUT2D eigenvalue weighted by molar-refractivity contribution is 0.0115. The number of rotatable bonds is 5. The third-order valence-corrected chi connectivity index (χ3v) is 7.75. The minimum Gasteiger partial charge on any atom is -0.337 e. The molecule has 0 amide bonds. The molecule has 7 rings (SSSR count). The van der Waals surface area contributed by atoms with Gasteiger partial charge in [-0.2, -0.15) is 9.49 Å². The highest BCUT2D eigenvalue weighted by Crippen LogP contribution is 2.36. The van der Waals surface area contributed by atoms with Gasteiger partial charge in [0.2, 0.25) is 0 Å². The summed E-state index contributed by atoms with van der Waals surface area (Å²) in [6.45, 7) is 0.260. The summed E-state index contributed by atoms with van der Waals surface area (Å²) in [7, 11) is 0. The molecule has 1 saturated heterocycles. The predicted octanol–water partition coefficient (Wildman–Crippen LogP) is 6.41. The summed E-state index contributed by atoms with van der Waals surface area (Å²) in [5.74, 6) is -2.96. The van der Waals surface area contributed by atoms with Crippen molar-refractivity contribution in [3.8, 4) is 33.2 Å². The van der Waals surface area contributed by atoms with Crippen LogP contribution in [-0.2, 0) is 6.54 Å². The molecule has 0 spiro atoms. The van der Waals surface area contributed by atoms with Crippen LogP contribution in [0.25, 0.3) is 55.2 Å². The van der Waals surface area contributed by atoms with Gasteiger partial charge in [-0.25, -0.2) is 18.2 Å². The van der Waals surface area contributed by atoms with E-state index in [1.54, 1.807) is 23.2 Å². The zero-order valence-electron chi connectivity index (χ0n) is 20.2. The van der Waals surface area contributed by atoms with Crippen LogP contribution in [0.1, 0.15) is 12.0 Å². The average molecular weight is 550 g/mol. The Hall–Kier alpha value is -4.16. The Kier molecular flexibility index (Phi) is 5.49. The second-order valence-electron chi connectivity index (χ2n) is 9.57. The topological polar surface area (TPSA) is 86.4 Å². The maximum absolute atomic E-state index is 16.0. The minimum atomic E-state index is -2.70. The number of hydrogen-bond donors (Lipinski definition) is 2. The summed E-state index contributed by atoms with van der Waals surface area (Å²) >= 11 is 1.02. The number of para-hydroxylation sites is 1. The predicted molar refractivity (Wildman–Crippen MR) is 140 cm³/mol. The van der Waals surface area contributed by atoms with Gasteiger partial charge < -0.3 is 4.98 Å². The van der Waals surface area contributed by atoms with E-state index in [2.05, 4.69) is 25.1 Å². The largest absolute Gasteiger partial charge is 0.337 e. The van der Waals surface area contributed by atoms with Crippen LogP contribution in [0.2, 0.25) is 0 Å². The van der Waals surface area contributed by atoms with Crippen LogP contribution in [0.5, 0.6) is 0 Å². The maximum atomic E-state index is 16.0. The summed E-state index contributed by atoms with van der Waals surface area (Å²) in [6.07, 6.45) is 4.39. The number of likely N-dealkylation sites (tertiary alicyclic amines) is 1. The second kappa shape index (κ2) is 8.95. The number of aromatic amines is 2. The molecule has 2 N–H and O–H groups in total. The second-order valence-corrected chi connectivity index (χ2v) is 10.6. The third kappa shape index (κ3) is 4.25. The lowest BCUT2D eigenvalue weighted by Gasteiger charge is -2.15. The molecule has 0 bridgehead atoms. The van der Waals surface area contributed by atoms with Crippen LogP contribution in [-0.4, -0.2) is 54.0 Å². The molecule has 0 unspecified atom stereocenters. The molecular weight excluding hydrogens is 530 g/mol. The van der Waals surface area contributed by atoms with E-state index in [1.807, 2.05) is 18.2 Å². The Balaban J connectivity index is 1.28. The van der Waals surface area contributed by atoms with Gasteiger partial charge in [0.25, 0.3) is 5.92 Å². The van der Waals surface area contributed by atoms with Crippen molar-refractivity contribution in [1.29, 1.82) is 0 Å². The van der Waals surface area contributed by atoms with Gasteiger partial charge in [0, 0.05) is 47.9 Å². The number of benzene rings is 1. The standard InChI is InChI=1S/C27H19F4N7S/c28-20-5-4-19(39-20)16-2-1-3-17-24(16)35-26(34-17)25-21-18(36-37-25)11-33-23(22(21)29)15-8-14(9-32-10-15)12-38-7-6-27(30,31)13-38/h1-5,8-11H,6-7,12-13H2,(H,34,35)(H,36,37). The molecule has 6 aromatic rings. The molecule has 6 heterocycles. The van der Waals surface area contributed by atoms with Crippen molar-refractivity contribution < 1.29 is 17.6 Å². The Labute approximate surface area is 222 Å². The number of H-pyrrole nitrogens is 2. The summed E-state index contributed by atoms with van der Waals surface area (Å²) < 4.78 is 57.0. The summed E-state index contributed by atoms with van der Waals surface area (Å²) in [5, 5.41) is 7.03. The molecule has 0 atom stereocenters. The number of nitrogens with zero attached hydrogens (tertiary/aromatic N) is 5. The fourth-order valence-electron chi connectivity index (χ4n) is 5.05. The molecule has 5 aromatic heterocycles. The van der Waals surface area contributed by atoms with E-state index in [0.29, 0.717) is 33.5 Å². The first-order valence-corrected chi connectivity index (χ1v) is 13.0. The van der Waals surface area contributed by atoms with Crippen molar-refractivity contribution in [3.63, 3.8) is 0 Å². The van der Waals surface area contributed by atoms with Crippen molar-refractivity contribution in [2.24, 2.45) is 0 Å². The van der Waals surface area contributed by atoms with Crippen LogP contribution in [0, 0.1) is 10.9 Å². The van der Waals surface area contributed by atoms with Crippen molar-refractivity contribution in [3.05, 3.63) is 71.5 Å². The lowest BCUT2D eigenvalue weighted by atomic mass is 10.1. The normalized spacial score (nSPS) is 15.6. The van der Waals surface area contributed by atoms with E-state index in [0.717, 1.165) is 21.8 Å². The van der Waals surface area contributed by atoms with Gasteiger partial charge in [0.1, 0.15) is 11.4 Å². The molecule has 1 aromatic carbocycles. The van der Waals surface area contributed by atoms with Crippen LogP contribution in [0.15, 0.2) is 55.0 Å². The van der Waals surface area contributed by atoms with Crippen LogP contribution < -0.4 is 0 Å². The molecule has 0 radical (unpaired) electrons. The van der Waals surface area contributed by atoms with Crippen LogP contribution in [0.4, 0.5) is 17.6 Å². The van der Waals surface area contributed by atoms with Gasteiger partial charge in [0.05, 0.1) is 34.7 Å². The van der Waals surface area contributed by atoms with E-state index >= 15 is 4.39 Å². The van der Waals surface area contributed by atoms with Crippen molar-refractivity contribution >= 4 is 33.3 Å². The molecule has 7 nitrogen and oxygen atoms in total. The van der Waals surface area contributed by atoms with E-state index < -0.39 is 11.7 Å². The van der Waals surface area contributed by atoms with E-state index in [1.165, 1.54) is 18.5 Å². The van der Waals surface area contributed by atoms with Gasteiger partial charge in [-0.1, -0.05) is 12.1 Å².